The smallest absolute Gasteiger partial charge is 0.335 e. The summed E-state index contributed by atoms with van der Waals surface area (Å²) in [7, 11) is 0. The summed E-state index contributed by atoms with van der Waals surface area (Å²) in [5, 5.41) is 119. The zero-order chi connectivity index (χ0) is 38.8. The molecule has 0 aromatic heterocycles. The van der Waals surface area contributed by atoms with Gasteiger partial charge in [-0.05, 0) is 0 Å². The number of carboxylic acids is 2. The second-order valence-corrected chi connectivity index (χ2v) is 12.6. The third kappa shape index (κ3) is 8.95. The van der Waals surface area contributed by atoms with E-state index in [2.05, 4.69) is 10.6 Å². The van der Waals surface area contributed by atoms with Gasteiger partial charge in [-0.1, -0.05) is 0 Å². The SMILES string of the molecule is CC(=O)NC1COC(CO)[C@@H](O)C1O[C@@H]1OC(C(=O)O)[C@@H](O[C@@H]2OC(CO)[C@@H](O)C(O[C@@H]3OC(C(=O)O)[C@@H](O)C(O)C3O)C2NC(C)=O)C(O)C1O. The molecule has 13 N–H and O–H groups in total. The minimum atomic E-state index is -2.23. The number of aliphatic hydroxyl groups excluding tert-OH is 9. The van der Waals surface area contributed by atoms with Crippen LogP contribution in [0.5, 0.6) is 0 Å². The highest BCUT2D eigenvalue weighted by Crippen LogP contribution is 2.34. The number of ether oxygens (including phenoxy) is 7. The van der Waals surface area contributed by atoms with Crippen LogP contribution < -0.4 is 10.6 Å². The van der Waals surface area contributed by atoms with Gasteiger partial charge in [-0.2, -0.15) is 0 Å². The lowest BCUT2D eigenvalue weighted by Crippen LogP contribution is -2.70. The molecule has 0 aromatic carbocycles. The number of carbonyl (C=O) groups excluding carboxylic acids is 2. The van der Waals surface area contributed by atoms with Crippen LogP contribution in [0.4, 0.5) is 0 Å². The van der Waals surface area contributed by atoms with Crippen molar-refractivity contribution in [1.29, 1.82) is 0 Å². The molecule has 298 valence electrons. The summed E-state index contributed by atoms with van der Waals surface area (Å²) >= 11 is 0. The first-order valence-electron chi connectivity index (χ1n) is 15.9. The molecule has 0 bridgehead atoms. The normalized spacial score (nSPS) is 45.5. The first kappa shape index (κ1) is 42.0. The lowest BCUT2D eigenvalue weighted by molar-refractivity contribution is -0.365. The maximum absolute atomic E-state index is 12.4. The molecule has 4 rings (SSSR count). The lowest BCUT2D eigenvalue weighted by Gasteiger charge is -2.49. The molecule has 4 saturated heterocycles. The van der Waals surface area contributed by atoms with Gasteiger partial charge in [-0.25, -0.2) is 9.59 Å². The van der Waals surface area contributed by atoms with Crippen LogP contribution in [0.1, 0.15) is 13.8 Å². The zero-order valence-electron chi connectivity index (χ0n) is 27.5. The monoisotopic (exact) mass is 760 g/mol. The molecule has 52 heavy (non-hydrogen) atoms. The van der Waals surface area contributed by atoms with Gasteiger partial charge in [0.2, 0.25) is 11.8 Å². The number of aliphatic hydroxyl groups is 9. The van der Waals surface area contributed by atoms with E-state index in [9.17, 15) is 75.3 Å². The number of aliphatic carboxylic acids is 2. The topological polar surface area (TPSA) is 379 Å². The summed E-state index contributed by atoms with van der Waals surface area (Å²) in [4.78, 5) is 48.1. The predicted octanol–water partition coefficient (Wildman–Crippen LogP) is -8.60. The van der Waals surface area contributed by atoms with E-state index < -0.39 is 153 Å². The molecule has 4 heterocycles. The van der Waals surface area contributed by atoms with Crippen LogP contribution >= 0.6 is 0 Å². The molecule has 0 spiro atoms. The number of hydrogen-bond acceptors (Lipinski definition) is 20. The maximum atomic E-state index is 12.4. The quantitative estimate of drug-likeness (QED) is 0.0878. The van der Waals surface area contributed by atoms with Gasteiger partial charge >= 0.3 is 11.9 Å². The summed E-state index contributed by atoms with van der Waals surface area (Å²) in [5.74, 6) is -5.03. The molecule has 24 nitrogen and oxygen atoms in total. The molecule has 4 aliphatic heterocycles. The molecular weight excluding hydrogens is 716 g/mol. The van der Waals surface area contributed by atoms with Gasteiger partial charge in [0.1, 0.15) is 79.3 Å². The molecule has 0 radical (unpaired) electrons. The molecule has 19 atom stereocenters. The Morgan fingerprint density at radius 3 is 1.62 bits per heavy atom. The fourth-order valence-corrected chi connectivity index (χ4v) is 6.25. The summed E-state index contributed by atoms with van der Waals surface area (Å²) in [6, 6.07) is -2.87. The maximum Gasteiger partial charge on any atom is 0.335 e. The Balaban J connectivity index is 1.61. The standard InChI is InChI=1S/C28H44N2O22/c1-6(33)29-8-5-46-9(3-31)12(35)19(8)48-28-18(41)16(39)21(23(52-28)25(44)45)50-26-11(30-7(2)34)20(13(36)10(4-32)47-26)49-27-17(40)14(37)15(38)22(51-27)24(42)43/h8-23,26-28,31-32,35-41H,3-5H2,1-2H3,(H,29,33)(H,30,34)(H,42,43)(H,44,45)/t8?,9?,10?,11?,12-,13-,14?,15+,16?,17?,18?,19?,20?,21+,22?,23?,26+,27-,28-/m1/s1. The van der Waals surface area contributed by atoms with E-state index in [4.69, 9.17) is 33.2 Å². The van der Waals surface area contributed by atoms with Crippen LogP contribution in [0, 0.1) is 0 Å². The van der Waals surface area contributed by atoms with Crippen molar-refractivity contribution in [3.8, 4) is 0 Å². The fourth-order valence-electron chi connectivity index (χ4n) is 6.25. The van der Waals surface area contributed by atoms with E-state index in [1.54, 1.807) is 0 Å². The van der Waals surface area contributed by atoms with Gasteiger partial charge in [-0.3, -0.25) is 9.59 Å². The summed E-state index contributed by atoms with van der Waals surface area (Å²) in [6.45, 7) is 0.134. The Hall–Kier alpha value is -2.76. The van der Waals surface area contributed by atoms with E-state index in [1.165, 1.54) is 0 Å². The van der Waals surface area contributed by atoms with E-state index in [-0.39, 0.29) is 6.61 Å². The lowest BCUT2D eigenvalue weighted by atomic mass is 9.94. The highest BCUT2D eigenvalue weighted by atomic mass is 16.8. The van der Waals surface area contributed by atoms with Crippen LogP contribution in [0.3, 0.4) is 0 Å². The van der Waals surface area contributed by atoms with Crippen molar-refractivity contribution in [1.82, 2.24) is 10.6 Å². The number of rotatable bonds is 12. The Bertz CT molecular complexity index is 1260. The summed E-state index contributed by atoms with van der Waals surface area (Å²) < 4.78 is 38.5. The molecular formula is C28H44N2O22. The number of carboxylic acid groups (broad SMARTS) is 2. The van der Waals surface area contributed by atoms with Crippen molar-refractivity contribution in [2.45, 2.75) is 130 Å². The Morgan fingerprint density at radius 1 is 0.577 bits per heavy atom. The molecule has 0 saturated carbocycles. The number of hydrogen-bond donors (Lipinski definition) is 13. The van der Waals surface area contributed by atoms with Gasteiger partial charge in [0.05, 0.1) is 25.9 Å². The van der Waals surface area contributed by atoms with Gasteiger partial charge in [0.25, 0.3) is 0 Å². The van der Waals surface area contributed by atoms with Crippen molar-refractivity contribution in [2.24, 2.45) is 0 Å². The van der Waals surface area contributed by atoms with Crippen molar-refractivity contribution >= 4 is 23.8 Å². The van der Waals surface area contributed by atoms with Crippen LogP contribution in [0.2, 0.25) is 0 Å². The number of carbonyl (C=O) groups is 4. The van der Waals surface area contributed by atoms with Gasteiger partial charge in [-0.15, -0.1) is 0 Å². The third-order valence-electron chi connectivity index (χ3n) is 8.87. The van der Waals surface area contributed by atoms with Crippen LogP contribution in [0.25, 0.3) is 0 Å². The second kappa shape index (κ2) is 17.6. The average Bonchev–Trinajstić information content (AvgIpc) is 3.07. The predicted molar refractivity (Wildman–Crippen MR) is 157 cm³/mol. The van der Waals surface area contributed by atoms with Gasteiger partial charge < -0.3 is 100.0 Å². The molecule has 12 unspecified atom stereocenters. The Labute approximate surface area is 293 Å². The second-order valence-electron chi connectivity index (χ2n) is 12.6. The van der Waals surface area contributed by atoms with E-state index in [0.717, 1.165) is 13.8 Å². The summed E-state index contributed by atoms with van der Waals surface area (Å²) in [5.41, 5.74) is 0. The first-order valence-corrected chi connectivity index (χ1v) is 15.9. The average molecular weight is 761 g/mol. The number of amides is 2. The van der Waals surface area contributed by atoms with Crippen molar-refractivity contribution < 1.29 is 109 Å². The summed E-state index contributed by atoms with van der Waals surface area (Å²) in [6.07, 6.45) is -33.3. The van der Waals surface area contributed by atoms with Crippen molar-refractivity contribution in [3.05, 3.63) is 0 Å². The van der Waals surface area contributed by atoms with Crippen LogP contribution in [-0.4, -0.2) is 216 Å². The fraction of sp³-hybridized carbons (Fsp3) is 0.857. The zero-order valence-corrected chi connectivity index (χ0v) is 27.5. The Morgan fingerprint density at radius 2 is 1.08 bits per heavy atom. The number of nitrogens with one attached hydrogen (secondary N) is 2. The molecule has 4 fully saturated rings. The third-order valence-corrected chi connectivity index (χ3v) is 8.87. The molecule has 0 aliphatic carbocycles. The molecule has 24 heteroatoms. The van der Waals surface area contributed by atoms with Gasteiger partial charge in [0, 0.05) is 13.8 Å². The van der Waals surface area contributed by atoms with Crippen molar-refractivity contribution in [3.63, 3.8) is 0 Å². The molecule has 4 aliphatic rings. The van der Waals surface area contributed by atoms with E-state index in [0.29, 0.717) is 0 Å². The molecule has 2 amide bonds. The van der Waals surface area contributed by atoms with Crippen molar-refractivity contribution in [2.75, 3.05) is 19.8 Å². The van der Waals surface area contributed by atoms with E-state index in [1.807, 2.05) is 0 Å². The van der Waals surface area contributed by atoms with Crippen LogP contribution in [0.15, 0.2) is 0 Å². The minimum absolute atomic E-state index is 0.296. The highest BCUT2D eigenvalue weighted by molar-refractivity contribution is 5.74. The Kier molecular flexibility index (Phi) is 14.2. The van der Waals surface area contributed by atoms with E-state index >= 15 is 0 Å². The van der Waals surface area contributed by atoms with Crippen LogP contribution in [-0.2, 0) is 52.3 Å². The van der Waals surface area contributed by atoms with Gasteiger partial charge in [0.15, 0.2) is 31.1 Å². The highest BCUT2D eigenvalue weighted by Gasteiger charge is 2.57. The molecule has 0 aromatic rings. The minimum Gasteiger partial charge on any atom is -0.479 e. The largest absolute Gasteiger partial charge is 0.479 e. The first-order chi connectivity index (χ1) is 24.4.